The van der Waals surface area contributed by atoms with Crippen LogP contribution in [0.5, 0.6) is 0 Å². The van der Waals surface area contributed by atoms with Gasteiger partial charge in [0.05, 0.1) is 17.3 Å². The quantitative estimate of drug-likeness (QED) is 0.0945. The Bertz CT molecular complexity index is 960. The van der Waals surface area contributed by atoms with Crippen molar-refractivity contribution in [2.45, 2.75) is 156 Å². The van der Waals surface area contributed by atoms with Gasteiger partial charge in [0.15, 0.2) is 0 Å². The molecule has 228 valence electrons. The van der Waals surface area contributed by atoms with Gasteiger partial charge in [0.2, 0.25) is 0 Å². The lowest BCUT2D eigenvalue weighted by Gasteiger charge is -2.17. The molecular formula is C37H57N2O2-. The minimum Gasteiger partial charge on any atom is -0.545 e. The Morgan fingerprint density at radius 2 is 0.927 bits per heavy atom. The summed E-state index contributed by atoms with van der Waals surface area (Å²) in [4.78, 5) is 11.1. The van der Waals surface area contributed by atoms with Crippen molar-refractivity contribution in [3.05, 3.63) is 58.7 Å². The number of unbranched alkanes of at least 4 members (excludes halogenated alkanes) is 15. The summed E-state index contributed by atoms with van der Waals surface area (Å²) in [6, 6.07) is 11.0. The maximum absolute atomic E-state index is 11.1. The molecule has 0 amide bonds. The van der Waals surface area contributed by atoms with E-state index in [1.165, 1.54) is 145 Å². The van der Waals surface area contributed by atoms with Crippen molar-refractivity contribution in [3.8, 4) is 0 Å². The molecule has 0 aliphatic rings. The van der Waals surface area contributed by atoms with Crippen molar-refractivity contribution in [1.29, 1.82) is 0 Å². The van der Waals surface area contributed by atoms with Gasteiger partial charge >= 0.3 is 0 Å². The van der Waals surface area contributed by atoms with E-state index in [2.05, 4.69) is 43.1 Å². The molecule has 0 aliphatic carbocycles. The summed E-state index contributed by atoms with van der Waals surface area (Å²) in [6.45, 7) is 6.83. The Kier molecular flexibility index (Phi) is 18.8. The average Bonchev–Trinajstić information content (AvgIpc) is 2.98. The Labute approximate surface area is 251 Å². The molecule has 4 nitrogen and oxygen atoms in total. The Balaban J connectivity index is 2.24. The van der Waals surface area contributed by atoms with E-state index in [0.717, 1.165) is 18.5 Å². The number of aryl methyl sites for hydroxylation is 2. The first kappa shape index (κ1) is 34.7. The molecule has 0 saturated heterocycles. The third kappa shape index (κ3) is 14.8. The van der Waals surface area contributed by atoms with Crippen molar-refractivity contribution in [2.24, 2.45) is 10.2 Å². The fourth-order valence-electron chi connectivity index (χ4n) is 5.66. The highest BCUT2D eigenvalue weighted by atomic mass is 16.4. The van der Waals surface area contributed by atoms with Gasteiger partial charge < -0.3 is 9.90 Å². The van der Waals surface area contributed by atoms with E-state index in [0.29, 0.717) is 5.69 Å². The summed E-state index contributed by atoms with van der Waals surface area (Å²) in [6.07, 6.45) is 27.0. The van der Waals surface area contributed by atoms with Gasteiger partial charge in [-0.05, 0) is 85.0 Å². The first-order valence-corrected chi connectivity index (χ1v) is 17.0. The van der Waals surface area contributed by atoms with Crippen LogP contribution in [0, 0.1) is 0 Å². The number of carboxylic acid groups (broad SMARTS) is 1. The number of carboxylic acids is 1. The van der Waals surface area contributed by atoms with E-state index >= 15 is 0 Å². The lowest BCUT2D eigenvalue weighted by molar-refractivity contribution is -0.255. The highest BCUT2D eigenvalue weighted by Crippen LogP contribution is 2.30. The normalized spacial score (nSPS) is 11.5. The predicted molar refractivity (Wildman–Crippen MR) is 173 cm³/mol. The van der Waals surface area contributed by atoms with Crippen LogP contribution in [0.3, 0.4) is 0 Å². The third-order valence-corrected chi connectivity index (χ3v) is 8.18. The second-order valence-electron chi connectivity index (χ2n) is 11.8. The average molecular weight is 562 g/mol. The van der Waals surface area contributed by atoms with Crippen LogP contribution < -0.4 is 5.11 Å². The molecule has 41 heavy (non-hydrogen) atoms. The Morgan fingerprint density at radius 1 is 0.537 bits per heavy atom. The number of hydrogen-bond donors (Lipinski definition) is 0. The lowest BCUT2D eigenvalue weighted by atomic mass is 9.89. The van der Waals surface area contributed by atoms with Gasteiger partial charge in [0.1, 0.15) is 0 Å². The first-order valence-electron chi connectivity index (χ1n) is 17.0. The van der Waals surface area contributed by atoms with Gasteiger partial charge in [-0.25, -0.2) is 0 Å². The molecule has 0 atom stereocenters. The zero-order valence-electron chi connectivity index (χ0n) is 26.5. The fraction of sp³-hybridized carbons (Fsp3) is 0.649. The fourth-order valence-corrected chi connectivity index (χ4v) is 5.66. The van der Waals surface area contributed by atoms with Crippen LogP contribution in [0.2, 0.25) is 0 Å². The third-order valence-electron chi connectivity index (χ3n) is 8.18. The van der Waals surface area contributed by atoms with Crippen LogP contribution in [-0.2, 0) is 19.3 Å². The van der Waals surface area contributed by atoms with Gasteiger partial charge in [-0.1, -0.05) is 129 Å². The summed E-state index contributed by atoms with van der Waals surface area (Å²) >= 11 is 0. The largest absolute Gasteiger partial charge is 0.545 e. The molecule has 0 spiro atoms. The van der Waals surface area contributed by atoms with Gasteiger partial charge in [0, 0.05) is 0 Å². The van der Waals surface area contributed by atoms with E-state index in [-0.39, 0.29) is 5.56 Å². The van der Waals surface area contributed by atoms with Crippen molar-refractivity contribution >= 4 is 17.3 Å². The van der Waals surface area contributed by atoms with E-state index in [9.17, 15) is 9.90 Å². The monoisotopic (exact) mass is 561 g/mol. The molecule has 0 saturated carbocycles. The summed E-state index contributed by atoms with van der Waals surface area (Å²) < 4.78 is 0. The number of carbonyl (C=O) groups excluding carboxylic acids is 1. The summed E-state index contributed by atoms with van der Waals surface area (Å²) in [7, 11) is 0. The maximum atomic E-state index is 11.1. The molecule has 2 aromatic rings. The van der Waals surface area contributed by atoms with Crippen LogP contribution in [0.15, 0.2) is 46.6 Å². The van der Waals surface area contributed by atoms with Crippen LogP contribution in [-0.4, -0.2) is 5.97 Å². The van der Waals surface area contributed by atoms with Crippen molar-refractivity contribution < 1.29 is 9.90 Å². The zero-order valence-corrected chi connectivity index (χ0v) is 26.5. The molecule has 0 heterocycles. The summed E-state index contributed by atoms with van der Waals surface area (Å²) in [5.74, 6) is -1.17. The van der Waals surface area contributed by atoms with Gasteiger partial charge in [-0.2, -0.15) is 10.2 Å². The number of aromatic carboxylic acids is 1. The standard InChI is InChI=1S/C37H58N2O2/c1-4-7-10-13-16-19-22-32-29-35(39-38-34-27-25-31(26-28-34)37(40)41)30-33(23-20-17-14-11-8-5-2)36(32)24-21-18-15-12-9-6-3/h25-30H,4-24H2,1-3H3,(H,40,41)/p-1. The number of rotatable bonds is 24. The molecule has 0 aliphatic heterocycles. The van der Waals surface area contributed by atoms with Crippen LogP contribution in [0.25, 0.3) is 0 Å². The highest BCUT2D eigenvalue weighted by Gasteiger charge is 2.12. The number of benzene rings is 2. The Morgan fingerprint density at radius 3 is 1.37 bits per heavy atom. The maximum Gasteiger partial charge on any atom is 0.0862 e. The smallest absolute Gasteiger partial charge is 0.0862 e. The second kappa shape index (κ2) is 22.2. The predicted octanol–water partition coefficient (Wildman–Crippen LogP) is 11.2. The van der Waals surface area contributed by atoms with Crippen molar-refractivity contribution in [1.82, 2.24) is 0 Å². The van der Waals surface area contributed by atoms with Crippen molar-refractivity contribution in [2.75, 3.05) is 0 Å². The summed E-state index contributed by atoms with van der Waals surface area (Å²) in [5.41, 5.74) is 6.26. The molecule has 2 aromatic carbocycles. The molecule has 0 aromatic heterocycles. The number of hydrogen-bond acceptors (Lipinski definition) is 4. The van der Waals surface area contributed by atoms with Crippen LogP contribution in [0.4, 0.5) is 11.4 Å². The molecule has 0 bridgehead atoms. The number of azo groups is 1. The van der Waals surface area contributed by atoms with E-state index in [1.54, 1.807) is 17.7 Å². The van der Waals surface area contributed by atoms with Crippen LogP contribution >= 0.6 is 0 Å². The van der Waals surface area contributed by atoms with E-state index in [4.69, 9.17) is 0 Å². The second-order valence-corrected chi connectivity index (χ2v) is 11.8. The molecule has 0 radical (unpaired) electrons. The first-order chi connectivity index (χ1) is 20.1. The molecular weight excluding hydrogens is 504 g/mol. The minimum atomic E-state index is -1.17. The zero-order chi connectivity index (χ0) is 29.5. The molecule has 0 fully saturated rings. The lowest BCUT2D eigenvalue weighted by Crippen LogP contribution is -2.21. The molecule has 4 heteroatoms. The van der Waals surface area contributed by atoms with Crippen molar-refractivity contribution in [3.63, 3.8) is 0 Å². The molecule has 2 rings (SSSR count). The van der Waals surface area contributed by atoms with Gasteiger partial charge in [-0.15, -0.1) is 0 Å². The van der Waals surface area contributed by atoms with Gasteiger partial charge in [0.25, 0.3) is 0 Å². The molecule has 0 unspecified atom stereocenters. The van der Waals surface area contributed by atoms with Gasteiger partial charge in [-0.3, -0.25) is 0 Å². The van der Waals surface area contributed by atoms with Crippen LogP contribution in [0.1, 0.15) is 163 Å². The van der Waals surface area contributed by atoms with E-state index in [1.807, 2.05) is 0 Å². The SMILES string of the molecule is CCCCCCCCc1cc(N=Nc2ccc(C(=O)[O-])cc2)cc(CCCCCCCC)c1CCCCCCCC. The number of nitrogens with zero attached hydrogens (tertiary/aromatic N) is 2. The highest BCUT2D eigenvalue weighted by molar-refractivity contribution is 5.86. The van der Waals surface area contributed by atoms with E-state index < -0.39 is 5.97 Å². The summed E-state index contributed by atoms with van der Waals surface area (Å²) in [5, 5.41) is 20.2. The Hall–Kier alpha value is -2.49. The minimum absolute atomic E-state index is 0.158. The number of carbonyl (C=O) groups is 1. The topological polar surface area (TPSA) is 64.8 Å². The molecule has 0 N–H and O–H groups in total.